The number of para-hydroxylation sites is 1. The molecule has 3 nitrogen and oxygen atoms in total. The Bertz CT molecular complexity index is 1860. The zero-order chi connectivity index (χ0) is 26.6. The molecule has 0 aliphatic heterocycles. The van der Waals surface area contributed by atoms with Crippen LogP contribution in [0.25, 0.3) is 55.6 Å². The Hall–Kier alpha value is -4.37. The van der Waals surface area contributed by atoms with Gasteiger partial charge in [-0.2, -0.15) is 0 Å². The molecule has 4 aromatic carbocycles. The van der Waals surface area contributed by atoms with E-state index in [9.17, 15) is 0 Å². The molecule has 0 aliphatic rings. The van der Waals surface area contributed by atoms with Gasteiger partial charge in [-0.1, -0.05) is 77.2 Å². The second kappa shape index (κ2) is 12.2. The second-order valence-corrected chi connectivity index (χ2v) is 9.49. The van der Waals surface area contributed by atoms with E-state index in [2.05, 4.69) is 77.6 Å². The van der Waals surface area contributed by atoms with E-state index in [0.717, 1.165) is 50.0 Å². The SMILES string of the molecule is Cc1ccc(-c2[c-]cccc2)nc1.Cc1ccc(-c2ccnc(-c3[c-]ccc4c3oc3ccccc34)c2)cc1.[Ir]. The molecule has 7 aromatic rings. The van der Waals surface area contributed by atoms with Crippen molar-refractivity contribution >= 4 is 21.9 Å². The number of hydrogen-bond acceptors (Lipinski definition) is 3. The molecule has 0 atom stereocenters. The van der Waals surface area contributed by atoms with E-state index in [1.165, 1.54) is 16.7 Å². The fraction of sp³-hybridized carbons (Fsp3) is 0.0556. The Labute approximate surface area is 247 Å². The Balaban J connectivity index is 0.000000195. The van der Waals surface area contributed by atoms with Crippen LogP contribution < -0.4 is 0 Å². The minimum absolute atomic E-state index is 0. The molecule has 197 valence electrons. The van der Waals surface area contributed by atoms with Crippen molar-refractivity contribution in [3.63, 3.8) is 0 Å². The smallest absolute Gasteiger partial charge is 0.120 e. The summed E-state index contributed by atoms with van der Waals surface area (Å²) in [5, 5.41) is 2.21. The van der Waals surface area contributed by atoms with Crippen LogP contribution in [-0.2, 0) is 20.1 Å². The first-order valence-electron chi connectivity index (χ1n) is 12.9. The third kappa shape index (κ3) is 5.79. The summed E-state index contributed by atoms with van der Waals surface area (Å²) in [4.78, 5) is 8.90. The van der Waals surface area contributed by atoms with Gasteiger partial charge >= 0.3 is 0 Å². The molecule has 0 bridgehead atoms. The molecule has 0 aliphatic carbocycles. The van der Waals surface area contributed by atoms with Crippen molar-refractivity contribution < 1.29 is 24.5 Å². The average Bonchev–Trinajstić information content (AvgIpc) is 3.38. The predicted octanol–water partition coefficient (Wildman–Crippen LogP) is 9.28. The molecule has 0 amide bonds. The Morgan fingerprint density at radius 1 is 0.625 bits per heavy atom. The number of fused-ring (bicyclic) bond motifs is 3. The molecule has 0 N–H and O–H groups in total. The van der Waals surface area contributed by atoms with Gasteiger partial charge in [0.2, 0.25) is 0 Å². The van der Waals surface area contributed by atoms with Gasteiger partial charge in [-0.25, -0.2) is 0 Å². The van der Waals surface area contributed by atoms with Crippen molar-refractivity contribution in [2.45, 2.75) is 13.8 Å². The molecule has 0 saturated heterocycles. The second-order valence-electron chi connectivity index (χ2n) is 9.49. The standard InChI is InChI=1S/C24H16NO.C12H10N.Ir/c1-16-9-11-17(12-10-16)18-13-14-25-22(15-18)21-7-4-6-20-19-5-2-3-8-23(19)26-24(20)21;1-10-7-8-12(13-9-10)11-5-3-2-4-6-11;/h2-6,8-15H,1H3;2-5,7-9H,1H3;/q2*-1;. The third-order valence-electron chi connectivity index (χ3n) is 6.64. The molecule has 0 saturated carbocycles. The maximum Gasteiger partial charge on any atom is 0.120 e. The van der Waals surface area contributed by atoms with Crippen LogP contribution >= 0.6 is 0 Å². The predicted molar refractivity (Wildman–Crippen MR) is 159 cm³/mol. The van der Waals surface area contributed by atoms with Crippen LogP contribution in [-0.4, -0.2) is 9.97 Å². The zero-order valence-electron chi connectivity index (χ0n) is 22.2. The number of rotatable bonds is 3. The molecule has 0 fully saturated rings. The fourth-order valence-electron chi connectivity index (χ4n) is 4.55. The molecular weight excluding hydrogens is 669 g/mol. The van der Waals surface area contributed by atoms with Crippen molar-refractivity contribution in [3.8, 4) is 33.6 Å². The molecular formula is C36H26IrN2O-2. The Morgan fingerprint density at radius 2 is 1.43 bits per heavy atom. The van der Waals surface area contributed by atoms with Gasteiger partial charge in [0, 0.05) is 37.9 Å². The topological polar surface area (TPSA) is 38.9 Å². The number of aryl methyl sites for hydroxylation is 2. The molecule has 3 heterocycles. The van der Waals surface area contributed by atoms with Gasteiger partial charge in [-0.15, -0.1) is 54.1 Å². The minimum atomic E-state index is 0. The molecule has 3 aromatic heterocycles. The first-order chi connectivity index (χ1) is 19.2. The van der Waals surface area contributed by atoms with E-state index in [0.29, 0.717) is 0 Å². The van der Waals surface area contributed by atoms with Crippen molar-refractivity contribution in [1.29, 1.82) is 0 Å². The summed E-state index contributed by atoms with van der Waals surface area (Å²) < 4.78 is 6.13. The van der Waals surface area contributed by atoms with Gasteiger partial charge in [0.05, 0.1) is 5.58 Å². The third-order valence-corrected chi connectivity index (χ3v) is 6.64. The zero-order valence-corrected chi connectivity index (χ0v) is 24.6. The van der Waals surface area contributed by atoms with Gasteiger partial charge in [-0.3, -0.25) is 0 Å². The summed E-state index contributed by atoms with van der Waals surface area (Å²) >= 11 is 0. The number of hydrogen-bond donors (Lipinski definition) is 0. The van der Waals surface area contributed by atoms with Gasteiger partial charge in [-0.05, 0) is 54.1 Å². The van der Waals surface area contributed by atoms with Crippen molar-refractivity contribution in [2.24, 2.45) is 0 Å². The first kappa shape index (κ1) is 27.2. The van der Waals surface area contributed by atoms with Crippen molar-refractivity contribution in [2.75, 3.05) is 0 Å². The maximum absolute atomic E-state index is 6.13. The summed E-state index contributed by atoms with van der Waals surface area (Å²) in [6.45, 7) is 4.13. The first-order valence-corrected chi connectivity index (χ1v) is 12.9. The Morgan fingerprint density at radius 3 is 2.20 bits per heavy atom. The molecule has 1 radical (unpaired) electrons. The molecule has 7 rings (SSSR count). The number of pyridine rings is 2. The van der Waals surface area contributed by atoms with E-state index in [-0.39, 0.29) is 20.1 Å². The van der Waals surface area contributed by atoms with Gasteiger partial charge < -0.3 is 14.4 Å². The monoisotopic (exact) mass is 695 g/mol. The number of aromatic nitrogens is 2. The fourth-order valence-corrected chi connectivity index (χ4v) is 4.55. The molecule has 0 spiro atoms. The molecule has 0 unspecified atom stereocenters. The molecule has 4 heteroatoms. The number of benzene rings is 4. The van der Waals surface area contributed by atoms with Crippen LogP contribution in [0.5, 0.6) is 0 Å². The van der Waals surface area contributed by atoms with E-state index < -0.39 is 0 Å². The van der Waals surface area contributed by atoms with Crippen molar-refractivity contribution in [1.82, 2.24) is 9.97 Å². The summed E-state index contributed by atoms with van der Waals surface area (Å²) in [7, 11) is 0. The van der Waals surface area contributed by atoms with Crippen LogP contribution in [0.1, 0.15) is 11.1 Å². The van der Waals surface area contributed by atoms with Gasteiger partial charge in [0.1, 0.15) is 5.58 Å². The van der Waals surface area contributed by atoms with E-state index >= 15 is 0 Å². The number of nitrogens with zero attached hydrogens (tertiary/aromatic N) is 2. The van der Waals surface area contributed by atoms with Gasteiger partial charge in [0.15, 0.2) is 0 Å². The summed E-state index contributed by atoms with van der Waals surface area (Å²) in [6, 6.07) is 43.2. The maximum atomic E-state index is 6.13. The van der Waals surface area contributed by atoms with E-state index in [1.807, 2.05) is 80.0 Å². The largest absolute Gasteiger partial charge is 0.501 e. The van der Waals surface area contributed by atoms with Crippen LogP contribution in [0.15, 0.2) is 126 Å². The van der Waals surface area contributed by atoms with Crippen molar-refractivity contribution in [3.05, 3.63) is 145 Å². The van der Waals surface area contributed by atoms with Crippen LogP contribution in [0.2, 0.25) is 0 Å². The van der Waals surface area contributed by atoms with Crippen LogP contribution in [0.3, 0.4) is 0 Å². The van der Waals surface area contributed by atoms with E-state index in [1.54, 1.807) is 0 Å². The van der Waals surface area contributed by atoms with Crippen LogP contribution in [0, 0.1) is 26.0 Å². The normalized spacial score (nSPS) is 10.6. The van der Waals surface area contributed by atoms with E-state index in [4.69, 9.17) is 4.42 Å². The summed E-state index contributed by atoms with van der Waals surface area (Å²) in [6.07, 6.45) is 3.72. The Kier molecular flexibility index (Phi) is 8.31. The summed E-state index contributed by atoms with van der Waals surface area (Å²) in [5.41, 5.74) is 10.3. The quantitative estimate of drug-likeness (QED) is 0.173. The average molecular weight is 695 g/mol. The summed E-state index contributed by atoms with van der Waals surface area (Å²) in [5.74, 6) is 0. The molecule has 40 heavy (non-hydrogen) atoms. The minimum Gasteiger partial charge on any atom is -0.501 e. The number of furan rings is 1. The van der Waals surface area contributed by atoms with Gasteiger partial charge in [0.25, 0.3) is 0 Å². The van der Waals surface area contributed by atoms with Crippen LogP contribution in [0.4, 0.5) is 0 Å².